The number of nitrogens with one attached hydrogen (secondary N) is 1. The summed E-state index contributed by atoms with van der Waals surface area (Å²) < 4.78 is 7.35. The zero-order valence-electron chi connectivity index (χ0n) is 8.89. The summed E-state index contributed by atoms with van der Waals surface area (Å²) in [4.78, 5) is 10.5. The van der Waals surface area contributed by atoms with E-state index in [1.807, 2.05) is 42.5 Å². The van der Waals surface area contributed by atoms with E-state index in [4.69, 9.17) is 7.15 Å². The fraction of sp³-hybridized carbons (Fsp3) is 0.182. The van der Waals surface area contributed by atoms with Gasteiger partial charge in [-0.15, -0.1) is 0 Å². The highest BCUT2D eigenvalue weighted by molar-refractivity contribution is 5.75. The van der Waals surface area contributed by atoms with E-state index in [0.717, 1.165) is 10.9 Å². The van der Waals surface area contributed by atoms with Crippen LogP contribution in [0.3, 0.4) is 0 Å². The van der Waals surface area contributed by atoms with Gasteiger partial charge in [-0.3, -0.25) is 4.79 Å². The highest BCUT2D eigenvalue weighted by atomic mass is 16.1. The average molecular weight is 191 g/mol. The van der Waals surface area contributed by atoms with E-state index >= 15 is 0 Å². The lowest BCUT2D eigenvalue weighted by Crippen LogP contribution is -2.28. The van der Waals surface area contributed by atoms with Gasteiger partial charge in [0, 0.05) is 6.54 Å². The van der Waals surface area contributed by atoms with E-state index in [9.17, 15) is 4.79 Å². The molecule has 0 aliphatic rings. The molecule has 0 heterocycles. The minimum atomic E-state index is -0.488. The largest absolute Gasteiger partial charge is 0.369 e. The number of hydrogen-bond acceptors (Lipinski definition) is 2. The van der Waals surface area contributed by atoms with Crippen LogP contribution in [0.25, 0.3) is 6.08 Å². The van der Waals surface area contributed by atoms with Crippen LogP contribution in [0.1, 0.15) is 5.56 Å². The van der Waals surface area contributed by atoms with Gasteiger partial charge in [0.25, 0.3) is 0 Å². The quantitative estimate of drug-likeness (QED) is 0.722. The van der Waals surface area contributed by atoms with E-state index in [1.54, 1.807) is 0 Å². The molecular formula is C11H14N2O. The molecule has 3 nitrogen and oxygen atoms in total. The topological polar surface area (TPSA) is 55.1 Å². The van der Waals surface area contributed by atoms with Gasteiger partial charge in [0.05, 0.1) is 6.54 Å². The lowest BCUT2D eigenvalue weighted by molar-refractivity contribution is -0.117. The monoisotopic (exact) mass is 191 g/mol. The normalized spacial score (nSPS) is 11.9. The maximum absolute atomic E-state index is 10.5. The molecule has 0 radical (unpaired) electrons. The van der Waals surface area contributed by atoms with Crippen molar-refractivity contribution in [2.75, 3.05) is 13.1 Å². The summed E-state index contributed by atoms with van der Waals surface area (Å²) in [6.07, 6.45) is 3.73. The highest BCUT2D eigenvalue weighted by Crippen LogP contribution is 1.99. The van der Waals surface area contributed by atoms with Crippen molar-refractivity contribution in [1.82, 2.24) is 5.31 Å². The Balaban J connectivity index is 2.37. The van der Waals surface area contributed by atoms with Gasteiger partial charge in [-0.25, -0.2) is 0 Å². The summed E-state index contributed by atoms with van der Waals surface area (Å²) in [6, 6.07) is 9.78. The fourth-order valence-corrected chi connectivity index (χ4v) is 1.00. The number of nitrogens with two attached hydrogens (primary N) is 1. The zero-order chi connectivity index (χ0) is 11.1. The number of amides is 1. The van der Waals surface area contributed by atoms with Crippen LogP contribution >= 0.6 is 0 Å². The highest BCUT2D eigenvalue weighted by Gasteiger charge is 1.88. The summed E-state index contributed by atoms with van der Waals surface area (Å²) in [7, 11) is 0. The number of benzene rings is 1. The zero-order valence-corrected chi connectivity index (χ0v) is 7.89. The third-order valence-corrected chi connectivity index (χ3v) is 1.61. The average Bonchev–Trinajstić information content (AvgIpc) is 2.18. The van der Waals surface area contributed by atoms with Crippen molar-refractivity contribution < 1.29 is 6.21 Å². The first-order valence-corrected chi connectivity index (χ1v) is 4.42. The van der Waals surface area contributed by atoms with E-state index in [0.29, 0.717) is 6.54 Å². The lowest BCUT2D eigenvalue weighted by Gasteiger charge is -1.95. The van der Waals surface area contributed by atoms with Crippen molar-refractivity contribution >= 4 is 12.0 Å². The number of carbonyl (C=O) groups is 1. The predicted octanol–water partition coefficient (Wildman–Crippen LogP) is 0.775. The molecule has 0 aliphatic carbocycles. The number of rotatable bonds is 5. The molecule has 3 heteroatoms. The molecule has 0 unspecified atom stereocenters. The maximum atomic E-state index is 10.5. The molecule has 0 atom stereocenters. The molecule has 1 aromatic carbocycles. The van der Waals surface area contributed by atoms with E-state index in [1.165, 1.54) is 0 Å². The fourth-order valence-electron chi connectivity index (χ4n) is 1.00. The second-order valence-corrected chi connectivity index (χ2v) is 2.84. The van der Waals surface area contributed by atoms with Crippen molar-refractivity contribution in [3.05, 3.63) is 42.0 Å². The third kappa shape index (κ3) is 4.42. The second kappa shape index (κ2) is 5.94. The molecule has 0 fully saturated rings. The number of hydrogen-bond donors (Lipinski definition) is 2. The van der Waals surface area contributed by atoms with Crippen molar-refractivity contribution in [3.8, 4) is 0 Å². The Labute approximate surface area is 85.1 Å². The first-order chi connectivity index (χ1) is 7.18. The first kappa shape index (κ1) is 8.97. The minimum absolute atomic E-state index is 0.0425. The molecule has 0 aliphatic heterocycles. The Morgan fingerprint density at radius 1 is 1.50 bits per heavy atom. The number of carbonyl (C=O) groups excluding carboxylic acids is 1. The summed E-state index contributed by atoms with van der Waals surface area (Å²) >= 11 is 0. The van der Waals surface area contributed by atoms with Crippen LogP contribution in [0.4, 0.5) is 0 Å². The van der Waals surface area contributed by atoms with Gasteiger partial charge < -0.3 is 11.0 Å². The molecule has 74 valence electrons. The predicted molar refractivity (Wildman–Crippen MR) is 57.5 cm³/mol. The maximum Gasteiger partial charge on any atom is 0.231 e. The van der Waals surface area contributed by atoms with Crippen molar-refractivity contribution in [2.24, 2.45) is 5.73 Å². The molecule has 3 N–H and O–H groups in total. The molecule has 14 heavy (non-hydrogen) atoms. The molecule has 1 rings (SSSR count). The summed E-state index contributed by atoms with van der Waals surface area (Å²) in [5.74, 6) is -0.488. The Morgan fingerprint density at radius 3 is 2.86 bits per heavy atom. The molecule has 1 aromatic rings. The molecule has 1 amide bonds. The molecule has 0 bridgehead atoms. The van der Waals surface area contributed by atoms with Gasteiger partial charge in [0.15, 0.2) is 0 Å². The Kier molecular flexibility index (Phi) is 3.80. The Morgan fingerprint density at radius 2 is 2.21 bits per heavy atom. The standard InChI is InChI=1S/C11H14N2O/c12-11(14)9-13-8-4-7-10-5-2-1-3-6-10/h1-7,13H,8-9H2,(H2,12,14)/b7-4+/i/hD. The van der Waals surface area contributed by atoms with Gasteiger partial charge in [0.1, 0.15) is 1.41 Å². The number of primary amides is 1. The van der Waals surface area contributed by atoms with Crippen LogP contribution in [0, 0.1) is 0 Å². The van der Waals surface area contributed by atoms with Crippen LogP contribution in [0.2, 0.25) is 1.41 Å². The van der Waals surface area contributed by atoms with Crippen LogP contribution in [-0.4, -0.2) is 19.0 Å². The first-order valence-electron chi connectivity index (χ1n) is 4.87. The van der Waals surface area contributed by atoms with Gasteiger partial charge in [-0.1, -0.05) is 42.5 Å². The van der Waals surface area contributed by atoms with Crippen molar-refractivity contribution in [1.29, 1.82) is 0 Å². The van der Waals surface area contributed by atoms with Gasteiger partial charge in [-0.2, -0.15) is 0 Å². The molecule has 0 aromatic heterocycles. The minimum Gasteiger partial charge on any atom is -0.369 e. The van der Waals surface area contributed by atoms with E-state index in [2.05, 4.69) is 0 Å². The molecule has 0 spiro atoms. The summed E-state index contributed by atoms with van der Waals surface area (Å²) in [5.41, 5.74) is 6.03. The van der Waals surface area contributed by atoms with Crippen molar-refractivity contribution in [3.63, 3.8) is 0 Å². The van der Waals surface area contributed by atoms with Gasteiger partial charge >= 0.3 is 0 Å². The lowest BCUT2D eigenvalue weighted by atomic mass is 10.2. The summed E-state index contributed by atoms with van der Waals surface area (Å²) in [6.45, 7) is 0.344. The Bertz CT molecular complexity index is 338. The van der Waals surface area contributed by atoms with Crippen LogP contribution in [0.5, 0.6) is 0 Å². The van der Waals surface area contributed by atoms with E-state index < -0.39 is 5.91 Å². The van der Waals surface area contributed by atoms with E-state index in [-0.39, 0.29) is 6.54 Å². The van der Waals surface area contributed by atoms with Gasteiger partial charge in [0.2, 0.25) is 5.91 Å². The summed E-state index contributed by atoms with van der Waals surface area (Å²) in [5, 5.41) is 1.11. The second-order valence-electron chi connectivity index (χ2n) is 2.84. The molecule has 0 saturated heterocycles. The molecular weight excluding hydrogens is 176 g/mol. The van der Waals surface area contributed by atoms with Crippen LogP contribution < -0.4 is 11.0 Å². The smallest absolute Gasteiger partial charge is 0.231 e. The van der Waals surface area contributed by atoms with Crippen molar-refractivity contribution in [2.45, 2.75) is 0 Å². The van der Waals surface area contributed by atoms with Crippen LogP contribution in [0.15, 0.2) is 36.4 Å². The van der Waals surface area contributed by atoms with Gasteiger partial charge in [-0.05, 0) is 5.56 Å². The molecule has 0 saturated carbocycles. The Hall–Kier alpha value is -1.61. The third-order valence-electron chi connectivity index (χ3n) is 1.61. The SMILES string of the molecule is [2H]N(C/C=C/c1ccccc1)CC(N)=O. The van der Waals surface area contributed by atoms with Crippen LogP contribution in [-0.2, 0) is 4.79 Å².